The van der Waals surface area contributed by atoms with Gasteiger partial charge < -0.3 is 5.32 Å². The quantitative estimate of drug-likeness (QED) is 0.869. The predicted octanol–water partition coefficient (Wildman–Crippen LogP) is 2.52. The largest absolute Gasteiger partial charge is 0.309 e. The summed E-state index contributed by atoms with van der Waals surface area (Å²) in [4.78, 5) is 5.40. The van der Waals surface area contributed by atoms with Crippen LogP contribution in [0.25, 0.3) is 0 Å². The van der Waals surface area contributed by atoms with E-state index in [0.29, 0.717) is 0 Å². The maximum absolute atomic E-state index is 4.17. The standard InChI is InChI=1S/C13H18N4S/c1-3-6-15-12(13-10(2)16-17-18-13)8-11-5-4-7-14-9-11/h4-5,7,9,12,15H,3,6,8H2,1-2H3. The van der Waals surface area contributed by atoms with E-state index in [1.54, 1.807) is 6.20 Å². The van der Waals surface area contributed by atoms with Crippen molar-refractivity contribution in [2.24, 2.45) is 0 Å². The van der Waals surface area contributed by atoms with Crippen LogP contribution in [0.1, 0.15) is 35.5 Å². The fourth-order valence-corrected chi connectivity index (χ4v) is 2.61. The van der Waals surface area contributed by atoms with Crippen molar-refractivity contribution < 1.29 is 0 Å². The first-order valence-corrected chi connectivity index (χ1v) is 6.99. The van der Waals surface area contributed by atoms with Crippen LogP contribution >= 0.6 is 11.5 Å². The summed E-state index contributed by atoms with van der Waals surface area (Å²) in [6, 6.07) is 4.37. The van der Waals surface area contributed by atoms with Crippen LogP contribution in [0.4, 0.5) is 0 Å². The SMILES string of the molecule is CCCNC(Cc1cccnc1)c1snnc1C. The van der Waals surface area contributed by atoms with E-state index in [4.69, 9.17) is 0 Å². The van der Waals surface area contributed by atoms with Crippen LogP contribution in [0, 0.1) is 6.92 Å². The lowest BCUT2D eigenvalue weighted by atomic mass is 10.1. The molecule has 0 bridgehead atoms. The molecular weight excluding hydrogens is 244 g/mol. The van der Waals surface area contributed by atoms with Gasteiger partial charge in [0.15, 0.2) is 0 Å². The number of aryl methyl sites for hydroxylation is 1. The average Bonchev–Trinajstić information content (AvgIpc) is 2.82. The Morgan fingerprint density at radius 1 is 1.44 bits per heavy atom. The molecule has 0 aliphatic carbocycles. The summed E-state index contributed by atoms with van der Waals surface area (Å²) in [5, 5.41) is 7.66. The number of aromatic nitrogens is 3. The molecule has 1 unspecified atom stereocenters. The van der Waals surface area contributed by atoms with E-state index in [-0.39, 0.29) is 6.04 Å². The number of hydrogen-bond donors (Lipinski definition) is 1. The van der Waals surface area contributed by atoms with Crippen molar-refractivity contribution in [1.29, 1.82) is 0 Å². The molecule has 0 radical (unpaired) electrons. The molecule has 0 amide bonds. The topological polar surface area (TPSA) is 50.7 Å². The van der Waals surface area contributed by atoms with E-state index >= 15 is 0 Å². The molecule has 0 saturated carbocycles. The first-order chi connectivity index (χ1) is 8.81. The third-order valence-corrected chi connectivity index (χ3v) is 3.75. The second kappa shape index (κ2) is 6.56. The summed E-state index contributed by atoms with van der Waals surface area (Å²) in [6.07, 6.45) is 5.77. The van der Waals surface area contributed by atoms with Crippen molar-refractivity contribution in [3.63, 3.8) is 0 Å². The summed E-state index contributed by atoms with van der Waals surface area (Å²) in [5.74, 6) is 0. The van der Waals surface area contributed by atoms with Crippen LogP contribution in [0.2, 0.25) is 0 Å². The average molecular weight is 262 g/mol. The zero-order valence-electron chi connectivity index (χ0n) is 10.8. The van der Waals surface area contributed by atoms with Crippen molar-refractivity contribution >= 4 is 11.5 Å². The lowest BCUT2D eigenvalue weighted by molar-refractivity contribution is 0.533. The molecule has 0 aromatic carbocycles. The highest BCUT2D eigenvalue weighted by molar-refractivity contribution is 7.05. The Hall–Kier alpha value is -1.33. The van der Waals surface area contributed by atoms with E-state index in [0.717, 1.165) is 25.1 Å². The van der Waals surface area contributed by atoms with E-state index in [1.165, 1.54) is 22.0 Å². The molecule has 0 aliphatic rings. The van der Waals surface area contributed by atoms with Crippen molar-refractivity contribution in [2.75, 3.05) is 6.54 Å². The maximum atomic E-state index is 4.17. The highest BCUT2D eigenvalue weighted by Gasteiger charge is 2.17. The van der Waals surface area contributed by atoms with Crippen LogP contribution in [0.15, 0.2) is 24.5 Å². The molecule has 2 aromatic rings. The molecule has 0 aliphatic heterocycles. The third-order valence-electron chi connectivity index (χ3n) is 2.81. The molecule has 0 saturated heterocycles. The van der Waals surface area contributed by atoms with E-state index < -0.39 is 0 Å². The van der Waals surface area contributed by atoms with Gasteiger partial charge in [-0.05, 0) is 49.5 Å². The minimum Gasteiger partial charge on any atom is -0.309 e. The van der Waals surface area contributed by atoms with Gasteiger partial charge >= 0.3 is 0 Å². The molecule has 2 heterocycles. The summed E-state index contributed by atoms with van der Waals surface area (Å²) >= 11 is 1.48. The van der Waals surface area contributed by atoms with Gasteiger partial charge in [0, 0.05) is 18.4 Å². The summed E-state index contributed by atoms with van der Waals surface area (Å²) in [5.41, 5.74) is 2.26. The second-order valence-corrected chi connectivity index (χ2v) is 5.08. The molecule has 5 heteroatoms. The zero-order chi connectivity index (χ0) is 12.8. The van der Waals surface area contributed by atoms with Gasteiger partial charge in [-0.3, -0.25) is 4.98 Å². The smallest absolute Gasteiger partial charge is 0.0772 e. The van der Waals surface area contributed by atoms with E-state index in [2.05, 4.69) is 32.9 Å². The molecule has 1 atom stereocenters. The summed E-state index contributed by atoms with van der Waals surface area (Å²) in [7, 11) is 0. The highest BCUT2D eigenvalue weighted by atomic mass is 32.1. The first-order valence-electron chi connectivity index (χ1n) is 6.22. The Morgan fingerprint density at radius 2 is 2.33 bits per heavy atom. The van der Waals surface area contributed by atoms with Crippen LogP contribution in [0.5, 0.6) is 0 Å². The highest BCUT2D eigenvalue weighted by Crippen LogP contribution is 2.23. The molecule has 18 heavy (non-hydrogen) atoms. The second-order valence-electron chi connectivity index (χ2n) is 4.29. The first kappa shape index (κ1) is 13.1. The molecular formula is C13H18N4S. The van der Waals surface area contributed by atoms with Crippen molar-refractivity contribution in [1.82, 2.24) is 19.9 Å². The lowest BCUT2D eigenvalue weighted by Crippen LogP contribution is -2.24. The van der Waals surface area contributed by atoms with Crippen LogP contribution < -0.4 is 5.32 Å². The van der Waals surface area contributed by atoms with Crippen LogP contribution in [-0.2, 0) is 6.42 Å². The Labute approximate surface area is 112 Å². The van der Waals surface area contributed by atoms with Gasteiger partial charge in [-0.1, -0.05) is 17.5 Å². The normalized spacial score (nSPS) is 12.6. The maximum Gasteiger partial charge on any atom is 0.0772 e. The predicted molar refractivity (Wildman–Crippen MR) is 73.6 cm³/mol. The molecule has 0 fully saturated rings. The summed E-state index contributed by atoms with van der Waals surface area (Å²) < 4.78 is 4.03. The Balaban J connectivity index is 2.13. The van der Waals surface area contributed by atoms with E-state index in [9.17, 15) is 0 Å². The fourth-order valence-electron chi connectivity index (χ4n) is 1.89. The van der Waals surface area contributed by atoms with Gasteiger partial charge in [0.05, 0.1) is 10.6 Å². The monoisotopic (exact) mass is 262 g/mol. The minimum absolute atomic E-state index is 0.286. The molecule has 96 valence electrons. The van der Waals surface area contributed by atoms with Crippen molar-refractivity contribution in [2.45, 2.75) is 32.7 Å². The Morgan fingerprint density at radius 3 is 2.94 bits per heavy atom. The minimum atomic E-state index is 0.286. The number of nitrogens with zero attached hydrogens (tertiary/aromatic N) is 3. The van der Waals surface area contributed by atoms with Crippen LogP contribution in [0.3, 0.4) is 0 Å². The Kier molecular flexibility index (Phi) is 4.78. The van der Waals surface area contributed by atoms with Crippen molar-refractivity contribution in [3.05, 3.63) is 40.7 Å². The molecule has 2 aromatic heterocycles. The van der Waals surface area contributed by atoms with Gasteiger partial charge in [-0.15, -0.1) is 5.10 Å². The van der Waals surface area contributed by atoms with E-state index in [1.807, 2.05) is 19.2 Å². The zero-order valence-corrected chi connectivity index (χ0v) is 11.6. The Bertz CT molecular complexity index is 469. The number of hydrogen-bond acceptors (Lipinski definition) is 5. The van der Waals surface area contributed by atoms with Gasteiger partial charge in [0.2, 0.25) is 0 Å². The molecule has 1 N–H and O–H groups in total. The molecule has 2 rings (SSSR count). The molecule has 4 nitrogen and oxygen atoms in total. The van der Waals surface area contributed by atoms with Gasteiger partial charge in [-0.25, -0.2) is 0 Å². The molecule has 0 spiro atoms. The summed E-state index contributed by atoms with van der Waals surface area (Å²) in [6.45, 7) is 5.19. The van der Waals surface area contributed by atoms with Gasteiger partial charge in [-0.2, -0.15) is 0 Å². The van der Waals surface area contributed by atoms with Crippen LogP contribution in [-0.4, -0.2) is 21.1 Å². The van der Waals surface area contributed by atoms with Gasteiger partial charge in [0.1, 0.15) is 0 Å². The van der Waals surface area contributed by atoms with Gasteiger partial charge in [0.25, 0.3) is 0 Å². The van der Waals surface area contributed by atoms with Crippen molar-refractivity contribution in [3.8, 4) is 0 Å². The number of nitrogens with one attached hydrogen (secondary N) is 1. The lowest BCUT2D eigenvalue weighted by Gasteiger charge is -2.17. The fraction of sp³-hybridized carbons (Fsp3) is 0.462. The third kappa shape index (κ3) is 3.34. The number of pyridine rings is 1. The number of rotatable bonds is 6.